The number of esters is 1. The molecule has 0 spiro atoms. The minimum absolute atomic E-state index is 0.510. The highest BCUT2D eigenvalue weighted by Crippen LogP contribution is 2.35. The lowest BCUT2D eigenvalue weighted by atomic mass is 10.1. The molecular formula is C10H13O4P. The first kappa shape index (κ1) is 12.1. The number of methoxy groups -OCH3 is 1. The van der Waals surface area contributed by atoms with Gasteiger partial charge in [-0.25, -0.2) is 4.79 Å². The van der Waals surface area contributed by atoms with E-state index in [1.165, 1.54) is 13.8 Å². The van der Waals surface area contributed by atoms with Crippen molar-refractivity contribution in [1.82, 2.24) is 0 Å². The number of carbonyl (C=O) groups excluding carboxylic acids is 1. The molecule has 0 saturated heterocycles. The fourth-order valence-corrected chi connectivity index (χ4v) is 1.64. The van der Waals surface area contributed by atoms with Gasteiger partial charge in [-0.05, 0) is 5.56 Å². The molecule has 1 N–H and O–H groups in total. The molecule has 82 valence electrons. The third-order valence-electron chi connectivity index (χ3n) is 1.78. The normalized spacial score (nSPS) is 14.3. The quantitative estimate of drug-likeness (QED) is 0.631. The van der Waals surface area contributed by atoms with Crippen molar-refractivity contribution >= 4 is 14.3 Å². The highest BCUT2D eigenvalue weighted by molar-refractivity contribution is 7.45. The van der Waals surface area contributed by atoms with Gasteiger partial charge in [0.1, 0.15) is 0 Å². The van der Waals surface area contributed by atoms with Gasteiger partial charge < -0.3 is 14.2 Å². The van der Waals surface area contributed by atoms with Crippen molar-refractivity contribution in [1.29, 1.82) is 0 Å². The van der Waals surface area contributed by atoms with Crippen molar-refractivity contribution in [2.24, 2.45) is 0 Å². The van der Waals surface area contributed by atoms with Gasteiger partial charge in [0.05, 0.1) is 7.11 Å². The standard InChI is InChI=1S/C10H13O4P/c1-13-10(11)9(14-15(2)12)8-6-4-3-5-7-8/h3-7,9,12H,1-2H3/t9-,15?/m0/s1. The molecule has 0 heterocycles. The molecule has 0 radical (unpaired) electrons. The summed E-state index contributed by atoms with van der Waals surface area (Å²) in [5.41, 5.74) is 0.674. The molecule has 0 bridgehead atoms. The Bertz CT molecular complexity index is 312. The van der Waals surface area contributed by atoms with Gasteiger partial charge in [0.15, 0.2) is 14.5 Å². The average molecular weight is 228 g/mol. The predicted molar refractivity (Wildman–Crippen MR) is 57.3 cm³/mol. The van der Waals surface area contributed by atoms with Crippen LogP contribution in [0.1, 0.15) is 11.7 Å². The maximum atomic E-state index is 11.4. The lowest BCUT2D eigenvalue weighted by molar-refractivity contribution is -0.149. The van der Waals surface area contributed by atoms with Crippen LogP contribution in [0.2, 0.25) is 0 Å². The summed E-state index contributed by atoms with van der Waals surface area (Å²) in [4.78, 5) is 20.6. The van der Waals surface area contributed by atoms with Gasteiger partial charge in [-0.15, -0.1) is 0 Å². The molecule has 0 aliphatic heterocycles. The van der Waals surface area contributed by atoms with E-state index in [9.17, 15) is 4.79 Å². The van der Waals surface area contributed by atoms with Crippen LogP contribution in [0.3, 0.4) is 0 Å². The van der Waals surface area contributed by atoms with Gasteiger partial charge in [-0.3, -0.25) is 0 Å². The molecule has 5 heteroatoms. The summed E-state index contributed by atoms with van der Waals surface area (Å²) in [6.45, 7) is 1.51. The van der Waals surface area contributed by atoms with E-state index in [4.69, 9.17) is 9.42 Å². The van der Waals surface area contributed by atoms with Crippen molar-refractivity contribution in [2.45, 2.75) is 6.10 Å². The zero-order chi connectivity index (χ0) is 11.3. The van der Waals surface area contributed by atoms with Crippen LogP contribution in [-0.4, -0.2) is 24.6 Å². The zero-order valence-corrected chi connectivity index (χ0v) is 9.48. The lowest BCUT2D eigenvalue weighted by Crippen LogP contribution is -2.15. The summed E-state index contributed by atoms with van der Waals surface area (Å²) in [5.74, 6) is -0.510. The fourth-order valence-electron chi connectivity index (χ4n) is 1.13. The molecule has 2 atom stereocenters. The molecule has 0 aromatic heterocycles. The van der Waals surface area contributed by atoms with Crippen molar-refractivity contribution in [3.05, 3.63) is 35.9 Å². The van der Waals surface area contributed by atoms with Crippen molar-refractivity contribution in [3.8, 4) is 0 Å². The van der Waals surface area contributed by atoms with Crippen LogP contribution in [0.4, 0.5) is 0 Å². The number of ether oxygens (including phenoxy) is 1. The van der Waals surface area contributed by atoms with E-state index in [0.29, 0.717) is 5.56 Å². The molecule has 0 amide bonds. The largest absolute Gasteiger partial charge is 0.467 e. The van der Waals surface area contributed by atoms with Gasteiger partial charge in [-0.1, -0.05) is 30.3 Å². The fraction of sp³-hybridized carbons (Fsp3) is 0.300. The summed E-state index contributed by atoms with van der Waals surface area (Å²) in [5, 5.41) is 0. The molecule has 0 aliphatic carbocycles. The van der Waals surface area contributed by atoms with Crippen molar-refractivity contribution in [2.75, 3.05) is 13.8 Å². The van der Waals surface area contributed by atoms with Crippen LogP contribution in [0, 0.1) is 0 Å². The Morgan fingerprint density at radius 3 is 2.47 bits per heavy atom. The molecule has 15 heavy (non-hydrogen) atoms. The van der Waals surface area contributed by atoms with Crippen LogP contribution in [0.15, 0.2) is 30.3 Å². The third kappa shape index (κ3) is 3.59. The number of hydrogen-bond acceptors (Lipinski definition) is 4. The monoisotopic (exact) mass is 228 g/mol. The highest BCUT2D eigenvalue weighted by atomic mass is 31.2. The van der Waals surface area contributed by atoms with Crippen LogP contribution in [-0.2, 0) is 14.1 Å². The van der Waals surface area contributed by atoms with Gasteiger partial charge in [0, 0.05) is 6.66 Å². The molecule has 1 aromatic rings. The van der Waals surface area contributed by atoms with Gasteiger partial charge >= 0.3 is 5.97 Å². The van der Waals surface area contributed by atoms with E-state index in [0.717, 1.165) is 0 Å². The molecule has 1 aromatic carbocycles. The summed E-state index contributed by atoms with van der Waals surface area (Å²) in [7, 11) is -0.314. The van der Waals surface area contributed by atoms with Gasteiger partial charge in [0.25, 0.3) is 0 Å². The third-order valence-corrected chi connectivity index (χ3v) is 2.29. The maximum Gasteiger partial charge on any atom is 0.340 e. The Balaban J connectivity index is 2.86. The van der Waals surface area contributed by atoms with Crippen LogP contribution in [0.5, 0.6) is 0 Å². The van der Waals surface area contributed by atoms with Crippen LogP contribution < -0.4 is 0 Å². The number of carbonyl (C=O) groups is 1. The summed E-state index contributed by atoms with van der Waals surface area (Å²) in [6, 6.07) is 8.93. The van der Waals surface area contributed by atoms with E-state index in [2.05, 4.69) is 4.74 Å². The van der Waals surface area contributed by atoms with E-state index in [1.807, 2.05) is 6.07 Å². The summed E-state index contributed by atoms with van der Waals surface area (Å²) in [6.07, 6.45) is -0.850. The Kier molecular flexibility index (Phi) is 4.69. The van der Waals surface area contributed by atoms with Crippen LogP contribution >= 0.6 is 8.38 Å². The summed E-state index contributed by atoms with van der Waals surface area (Å²) < 4.78 is 9.74. The first-order valence-electron chi connectivity index (χ1n) is 4.37. The highest BCUT2D eigenvalue weighted by Gasteiger charge is 2.23. The van der Waals surface area contributed by atoms with E-state index < -0.39 is 20.4 Å². The molecule has 0 saturated carbocycles. The Labute approximate surface area is 89.7 Å². The average Bonchev–Trinajstić information content (AvgIpc) is 2.26. The second-order valence-electron chi connectivity index (χ2n) is 2.88. The minimum atomic E-state index is -1.60. The van der Waals surface area contributed by atoms with Gasteiger partial charge in [-0.2, -0.15) is 0 Å². The van der Waals surface area contributed by atoms with Gasteiger partial charge in [0.2, 0.25) is 0 Å². The van der Waals surface area contributed by atoms with E-state index in [-0.39, 0.29) is 0 Å². The molecule has 0 fully saturated rings. The topological polar surface area (TPSA) is 55.8 Å². The Hall–Kier alpha value is -0.960. The SMILES string of the molecule is COC(=O)[C@@H](OP(C)O)c1ccccc1. The van der Waals surface area contributed by atoms with Crippen LogP contribution in [0.25, 0.3) is 0 Å². The molecule has 4 nitrogen and oxygen atoms in total. The molecule has 1 unspecified atom stereocenters. The second-order valence-corrected chi connectivity index (χ2v) is 4.02. The molecule has 1 rings (SSSR count). The maximum absolute atomic E-state index is 11.4. The second kappa shape index (κ2) is 5.81. The number of rotatable bonds is 4. The molecular weight excluding hydrogens is 215 g/mol. The summed E-state index contributed by atoms with van der Waals surface area (Å²) >= 11 is 0. The van der Waals surface area contributed by atoms with Crippen molar-refractivity contribution in [3.63, 3.8) is 0 Å². The number of benzene rings is 1. The zero-order valence-electron chi connectivity index (χ0n) is 8.58. The first-order chi connectivity index (χ1) is 7.15. The lowest BCUT2D eigenvalue weighted by Gasteiger charge is -2.16. The first-order valence-corrected chi connectivity index (χ1v) is 6.03. The Morgan fingerprint density at radius 1 is 1.40 bits per heavy atom. The number of hydrogen-bond donors (Lipinski definition) is 1. The Morgan fingerprint density at radius 2 is 2.00 bits per heavy atom. The van der Waals surface area contributed by atoms with E-state index >= 15 is 0 Å². The predicted octanol–water partition coefficient (Wildman–Crippen LogP) is 1.85. The van der Waals surface area contributed by atoms with E-state index in [1.54, 1.807) is 24.3 Å². The van der Waals surface area contributed by atoms with Crippen molar-refractivity contribution < 1.29 is 18.9 Å². The molecule has 0 aliphatic rings. The minimum Gasteiger partial charge on any atom is -0.467 e. The smallest absolute Gasteiger partial charge is 0.340 e.